The molecule has 0 aromatic heterocycles. The Labute approximate surface area is 114 Å². The monoisotopic (exact) mass is 263 g/mol. The van der Waals surface area contributed by atoms with Gasteiger partial charge < -0.3 is 4.90 Å². The zero-order chi connectivity index (χ0) is 12.8. The maximum absolute atomic E-state index is 12.1. The minimum atomic E-state index is 0.294. The van der Waals surface area contributed by atoms with Crippen LogP contribution in [0.1, 0.15) is 31.2 Å². The Morgan fingerprint density at radius 2 is 1.72 bits per heavy atom. The van der Waals surface area contributed by atoms with Gasteiger partial charge in [0.25, 0.3) is 0 Å². The molecule has 98 valence electrons. The molecule has 2 rings (SSSR count). The van der Waals surface area contributed by atoms with Gasteiger partial charge in [-0.1, -0.05) is 30.5 Å². The van der Waals surface area contributed by atoms with Gasteiger partial charge in [-0.2, -0.15) is 0 Å². The summed E-state index contributed by atoms with van der Waals surface area (Å²) in [5.74, 6) is 0.866. The van der Waals surface area contributed by atoms with Crippen LogP contribution in [0.25, 0.3) is 0 Å². The first-order chi connectivity index (χ1) is 8.75. The molecule has 3 heteroatoms. The van der Waals surface area contributed by atoms with Gasteiger partial charge >= 0.3 is 0 Å². The van der Waals surface area contributed by atoms with E-state index in [0.717, 1.165) is 13.1 Å². The van der Waals surface area contributed by atoms with E-state index >= 15 is 0 Å². The summed E-state index contributed by atoms with van der Waals surface area (Å²) in [6.07, 6.45) is 4.88. The van der Waals surface area contributed by atoms with Crippen LogP contribution in [0.15, 0.2) is 29.2 Å². The van der Waals surface area contributed by atoms with E-state index in [-0.39, 0.29) is 0 Å². The summed E-state index contributed by atoms with van der Waals surface area (Å²) >= 11 is 1.65. The van der Waals surface area contributed by atoms with Crippen molar-refractivity contribution in [3.63, 3.8) is 0 Å². The molecule has 0 aliphatic carbocycles. The van der Waals surface area contributed by atoms with Crippen LogP contribution in [0.3, 0.4) is 0 Å². The van der Waals surface area contributed by atoms with Gasteiger partial charge in [0.1, 0.15) is 0 Å². The van der Waals surface area contributed by atoms with E-state index in [1.165, 1.54) is 36.1 Å². The van der Waals surface area contributed by atoms with Crippen LogP contribution < -0.4 is 0 Å². The van der Waals surface area contributed by atoms with Crippen molar-refractivity contribution in [3.8, 4) is 0 Å². The lowest BCUT2D eigenvalue weighted by molar-refractivity contribution is -0.128. The molecule has 0 unspecified atom stereocenters. The molecule has 1 aromatic rings. The predicted octanol–water partition coefficient (Wildman–Crippen LogP) is 3.49. The molecule has 1 heterocycles. The Morgan fingerprint density at radius 1 is 1.11 bits per heavy atom. The van der Waals surface area contributed by atoms with Crippen LogP contribution >= 0.6 is 11.8 Å². The molecule has 1 aliphatic heterocycles. The Hall–Kier alpha value is -0.960. The number of carbonyl (C=O) groups is 1. The van der Waals surface area contributed by atoms with Crippen molar-refractivity contribution in [2.24, 2.45) is 0 Å². The lowest BCUT2D eigenvalue weighted by Crippen LogP contribution is -2.33. The average molecular weight is 263 g/mol. The van der Waals surface area contributed by atoms with E-state index in [9.17, 15) is 4.79 Å². The highest BCUT2D eigenvalue weighted by atomic mass is 32.2. The number of hydrogen-bond acceptors (Lipinski definition) is 2. The molecule has 2 nitrogen and oxygen atoms in total. The van der Waals surface area contributed by atoms with E-state index in [2.05, 4.69) is 31.2 Å². The third kappa shape index (κ3) is 4.05. The van der Waals surface area contributed by atoms with Crippen LogP contribution in [0, 0.1) is 6.92 Å². The van der Waals surface area contributed by atoms with E-state index in [1.807, 2.05) is 4.90 Å². The van der Waals surface area contributed by atoms with Crippen LogP contribution in [0.4, 0.5) is 0 Å². The Morgan fingerprint density at radius 3 is 2.33 bits per heavy atom. The SMILES string of the molecule is Cc1ccc(SCC(=O)N2CCCCCC2)cc1. The summed E-state index contributed by atoms with van der Waals surface area (Å²) < 4.78 is 0. The van der Waals surface area contributed by atoms with Gasteiger partial charge in [0.2, 0.25) is 5.91 Å². The fourth-order valence-corrected chi connectivity index (χ4v) is 2.99. The number of rotatable bonds is 3. The minimum Gasteiger partial charge on any atom is -0.342 e. The summed E-state index contributed by atoms with van der Waals surface area (Å²) in [6.45, 7) is 3.98. The molecular weight excluding hydrogens is 242 g/mol. The van der Waals surface area contributed by atoms with Gasteiger partial charge in [-0.05, 0) is 31.9 Å². The third-order valence-electron chi connectivity index (χ3n) is 3.34. The first-order valence-electron chi connectivity index (χ1n) is 6.73. The Kier molecular flexibility index (Phi) is 5.12. The number of thioether (sulfide) groups is 1. The first-order valence-corrected chi connectivity index (χ1v) is 7.71. The van der Waals surface area contributed by atoms with E-state index in [1.54, 1.807) is 11.8 Å². The smallest absolute Gasteiger partial charge is 0.232 e. The third-order valence-corrected chi connectivity index (χ3v) is 4.34. The molecular formula is C15H21NOS. The fourth-order valence-electron chi connectivity index (χ4n) is 2.19. The van der Waals surface area contributed by atoms with Crippen molar-refractivity contribution in [2.45, 2.75) is 37.5 Å². The molecule has 1 aliphatic rings. The molecule has 0 N–H and O–H groups in total. The van der Waals surface area contributed by atoms with Gasteiger partial charge in [0, 0.05) is 18.0 Å². The normalized spacial score (nSPS) is 16.4. The van der Waals surface area contributed by atoms with Crippen molar-refractivity contribution in [1.82, 2.24) is 4.90 Å². The van der Waals surface area contributed by atoms with E-state index < -0.39 is 0 Å². The first kappa shape index (κ1) is 13.5. The number of amides is 1. The number of likely N-dealkylation sites (tertiary alicyclic amines) is 1. The maximum atomic E-state index is 12.1. The highest BCUT2D eigenvalue weighted by Crippen LogP contribution is 2.19. The standard InChI is InChI=1S/C15H21NOS/c1-13-6-8-14(9-7-13)18-12-15(17)16-10-4-2-3-5-11-16/h6-9H,2-5,10-12H2,1H3. The number of hydrogen-bond donors (Lipinski definition) is 0. The van der Waals surface area contributed by atoms with E-state index in [4.69, 9.17) is 0 Å². The lowest BCUT2D eigenvalue weighted by atomic mass is 10.2. The van der Waals surface area contributed by atoms with Gasteiger partial charge in [0.05, 0.1) is 5.75 Å². The zero-order valence-corrected chi connectivity index (χ0v) is 11.8. The second-order valence-corrected chi connectivity index (χ2v) is 5.95. The highest BCUT2D eigenvalue weighted by Gasteiger charge is 2.15. The van der Waals surface area contributed by atoms with Crippen molar-refractivity contribution < 1.29 is 4.79 Å². The second kappa shape index (κ2) is 6.83. The predicted molar refractivity (Wildman–Crippen MR) is 77.0 cm³/mol. The molecule has 0 saturated carbocycles. The van der Waals surface area contributed by atoms with Crippen molar-refractivity contribution in [3.05, 3.63) is 29.8 Å². The molecule has 0 radical (unpaired) electrons. The fraction of sp³-hybridized carbons (Fsp3) is 0.533. The molecule has 1 saturated heterocycles. The summed E-state index contributed by atoms with van der Waals surface area (Å²) in [4.78, 5) is 15.3. The average Bonchev–Trinajstić information content (AvgIpc) is 2.66. The molecule has 0 spiro atoms. The van der Waals surface area contributed by atoms with Gasteiger partial charge in [-0.3, -0.25) is 4.79 Å². The zero-order valence-electron chi connectivity index (χ0n) is 11.0. The van der Waals surface area contributed by atoms with Crippen molar-refractivity contribution >= 4 is 17.7 Å². The largest absolute Gasteiger partial charge is 0.342 e. The van der Waals surface area contributed by atoms with Crippen molar-refractivity contribution in [1.29, 1.82) is 0 Å². The van der Waals surface area contributed by atoms with Crippen LogP contribution in [-0.2, 0) is 4.79 Å². The van der Waals surface area contributed by atoms with Crippen molar-refractivity contribution in [2.75, 3.05) is 18.8 Å². The summed E-state index contributed by atoms with van der Waals surface area (Å²) in [5.41, 5.74) is 1.26. The lowest BCUT2D eigenvalue weighted by Gasteiger charge is -2.19. The maximum Gasteiger partial charge on any atom is 0.232 e. The second-order valence-electron chi connectivity index (χ2n) is 4.90. The summed E-state index contributed by atoms with van der Waals surface area (Å²) in [6, 6.07) is 8.38. The summed E-state index contributed by atoms with van der Waals surface area (Å²) in [7, 11) is 0. The number of carbonyl (C=O) groups excluding carboxylic acids is 1. The number of aryl methyl sites for hydroxylation is 1. The Bertz CT molecular complexity index is 380. The minimum absolute atomic E-state index is 0.294. The molecule has 1 amide bonds. The van der Waals surface area contributed by atoms with Gasteiger partial charge in [0.15, 0.2) is 0 Å². The van der Waals surface area contributed by atoms with Gasteiger partial charge in [-0.25, -0.2) is 0 Å². The van der Waals surface area contributed by atoms with Crippen LogP contribution in [0.5, 0.6) is 0 Å². The number of nitrogens with zero attached hydrogens (tertiary/aromatic N) is 1. The van der Waals surface area contributed by atoms with Crippen LogP contribution in [-0.4, -0.2) is 29.6 Å². The quantitative estimate of drug-likeness (QED) is 0.778. The van der Waals surface area contributed by atoms with Crippen LogP contribution in [0.2, 0.25) is 0 Å². The van der Waals surface area contributed by atoms with E-state index in [0.29, 0.717) is 11.7 Å². The topological polar surface area (TPSA) is 20.3 Å². The number of benzene rings is 1. The summed E-state index contributed by atoms with van der Waals surface area (Å²) in [5, 5.41) is 0. The molecule has 0 atom stereocenters. The molecule has 1 aromatic carbocycles. The Balaban J connectivity index is 1.81. The van der Waals surface area contributed by atoms with Gasteiger partial charge in [-0.15, -0.1) is 11.8 Å². The molecule has 18 heavy (non-hydrogen) atoms. The molecule has 1 fully saturated rings. The molecule has 0 bridgehead atoms. The highest BCUT2D eigenvalue weighted by molar-refractivity contribution is 8.00.